The lowest BCUT2D eigenvalue weighted by atomic mass is 10.4. The van der Waals surface area contributed by atoms with E-state index in [1.165, 1.54) is 11.3 Å². The molecular weight excluding hydrogens is 187 g/mol. The molecule has 1 N–H and O–H groups in total. The lowest BCUT2D eigenvalue weighted by Crippen LogP contribution is -2.21. The van der Waals surface area contributed by atoms with Crippen LogP contribution in [0.3, 0.4) is 0 Å². The Balaban J connectivity index is 2.49. The molecule has 0 amide bonds. The molecule has 0 bridgehead atoms. The van der Waals surface area contributed by atoms with Gasteiger partial charge in [0.15, 0.2) is 0 Å². The van der Waals surface area contributed by atoms with Crippen LogP contribution < -0.4 is 5.32 Å². The predicted octanol–water partition coefficient (Wildman–Crippen LogP) is 3.03. The molecule has 0 saturated carbocycles. The van der Waals surface area contributed by atoms with Gasteiger partial charge in [0.1, 0.15) is 6.54 Å². The Labute approximate surface area is 72.2 Å². The minimum absolute atomic E-state index is 0.590. The van der Waals surface area contributed by atoms with Crippen molar-refractivity contribution in [3.8, 4) is 0 Å². The van der Waals surface area contributed by atoms with Crippen LogP contribution in [0, 0.1) is 6.92 Å². The maximum atomic E-state index is 11.7. The van der Waals surface area contributed by atoms with Gasteiger partial charge in [-0.25, -0.2) is 0 Å². The van der Waals surface area contributed by atoms with Crippen LogP contribution >= 0.6 is 11.3 Å². The monoisotopic (exact) mass is 195 g/mol. The third-order valence-electron chi connectivity index (χ3n) is 1.31. The first kappa shape index (κ1) is 9.38. The van der Waals surface area contributed by atoms with E-state index in [-0.39, 0.29) is 0 Å². The van der Waals surface area contributed by atoms with E-state index in [1.807, 2.05) is 0 Å². The number of anilines is 1. The maximum Gasteiger partial charge on any atom is 0.405 e. The zero-order valence-corrected chi connectivity index (χ0v) is 7.22. The Morgan fingerprint density at radius 2 is 2.17 bits per heavy atom. The summed E-state index contributed by atoms with van der Waals surface area (Å²) in [5, 5.41) is 4.67. The Hall–Kier alpha value is -0.710. The van der Waals surface area contributed by atoms with E-state index in [9.17, 15) is 13.2 Å². The number of halogens is 3. The van der Waals surface area contributed by atoms with Crippen molar-refractivity contribution in [3.05, 3.63) is 17.0 Å². The van der Waals surface area contributed by atoms with Gasteiger partial charge in [-0.05, 0) is 23.9 Å². The maximum absolute atomic E-state index is 11.7. The summed E-state index contributed by atoms with van der Waals surface area (Å²) in [6.45, 7) is 0.809. The molecule has 0 aliphatic carbocycles. The largest absolute Gasteiger partial charge is 0.405 e. The zero-order chi connectivity index (χ0) is 9.19. The summed E-state index contributed by atoms with van der Waals surface area (Å²) in [6.07, 6.45) is -4.14. The number of aryl methyl sites for hydroxylation is 1. The first-order valence-electron chi connectivity index (χ1n) is 3.34. The van der Waals surface area contributed by atoms with Crippen molar-refractivity contribution in [2.24, 2.45) is 0 Å². The minimum atomic E-state index is -4.14. The number of nitrogens with one attached hydrogen (secondary N) is 1. The third-order valence-corrected chi connectivity index (χ3v) is 2.29. The van der Waals surface area contributed by atoms with E-state index in [2.05, 4.69) is 5.32 Å². The molecular formula is C7H8F3NS. The fraction of sp³-hybridized carbons (Fsp3) is 0.429. The van der Waals surface area contributed by atoms with Crippen molar-refractivity contribution in [2.45, 2.75) is 13.1 Å². The van der Waals surface area contributed by atoms with Crippen LogP contribution in [0.2, 0.25) is 0 Å². The first-order valence-corrected chi connectivity index (χ1v) is 4.22. The molecule has 1 aromatic heterocycles. The molecule has 68 valence electrons. The summed E-state index contributed by atoms with van der Waals surface area (Å²) < 4.78 is 35.2. The number of hydrogen-bond acceptors (Lipinski definition) is 2. The van der Waals surface area contributed by atoms with Gasteiger partial charge < -0.3 is 5.32 Å². The van der Waals surface area contributed by atoms with Gasteiger partial charge in [0, 0.05) is 0 Å². The van der Waals surface area contributed by atoms with Crippen molar-refractivity contribution >= 4 is 16.3 Å². The van der Waals surface area contributed by atoms with Gasteiger partial charge >= 0.3 is 6.18 Å². The summed E-state index contributed by atoms with van der Waals surface area (Å²) in [5.41, 5.74) is 0.851. The third kappa shape index (κ3) is 2.73. The van der Waals surface area contributed by atoms with E-state index in [1.54, 1.807) is 18.4 Å². The van der Waals surface area contributed by atoms with Gasteiger partial charge in [-0.1, -0.05) is 0 Å². The predicted molar refractivity (Wildman–Crippen MR) is 43.6 cm³/mol. The van der Waals surface area contributed by atoms with Crippen molar-refractivity contribution < 1.29 is 13.2 Å². The van der Waals surface area contributed by atoms with Gasteiger partial charge in [0.05, 0.1) is 5.00 Å². The Morgan fingerprint density at radius 3 is 2.58 bits per heavy atom. The molecule has 1 rings (SSSR count). The second-order valence-corrected chi connectivity index (χ2v) is 3.32. The van der Waals surface area contributed by atoms with E-state index in [0.717, 1.165) is 5.56 Å². The summed E-state index contributed by atoms with van der Waals surface area (Å²) in [5.74, 6) is 0. The molecule has 0 aromatic carbocycles. The van der Waals surface area contributed by atoms with Gasteiger partial charge in [0.25, 0.3) is 0 Å². The topological polar surface area (TPSA) is 12.0 Å². The van der Waals surface area contributed by atoms with E-state index in [4.69, 9.17) is 0 Å². The molecule has 0 atom stereocenters. The summed E-state index contributed by atoms with van der Waals surface area (Å²) in [7, 11) is 0. The van der Waals surface area contributed by atoms with E-state index < -0.39 is 12.7 Å². The van der Waals surface area contributed by atoms with Gasteiger partial charge in [0.2, 0.25) is 0 Å². The molecule has 0 unspecified atom stereocenters. The van der Waals surface area contributed by atoms with Crippen molar-refractivity contribution in [2.75, 3.05) is 11.9 Å². The van der Waals surface area contributed by atoms with E-state index in [0.29, 0.717) is 5.00 Å². The van der Waals surface area contributed by atoms with Crippen LogP contribution in [-0.2, 0) is 0 Å². The van der Waals surface area contributed by atoms with E-state index >= 15 is 0 Å². The Morgan fingerprint density at radius 1 is 1.50 bits per heavy atom. The fourth-order valence-electron chi connectivity index (χ4n) is 0.734. The van der Waals surface area contributed by atoms with Gasteiger partial charge in [-0.2, -0.15) is 13.2 Å². The first-order chi connectivity index (χ1) is 5.49. The lowest BCUT2D eigenvalue weighted by Gasteiger charge is -2.07. The number of rotatable bonds is 2. The van der Waals surface area contributed by atoms with Crippen molar-refractivity contribution in [1.29, 1.82) is 0 Å². The molecule has 1 heterocycles. The summed E-state index contributed by atoms with van der Waals surface area (Å²) >= 11 is 1.28. The average Bonchev–Trinajstić information content (AvgIpc) is 2.29. The normalized spacial score (nSPS) is 11.7. The Bertz CT molecular complexity index is 253. The highest BCUT2D eigenvalue weighted by Crippen LogP contribution is 2.24. The van der Waals surface area contributed by atoms with Crippen LogP contribution in [0.1, 0.15) is 5.56 Å². The summed E-state index contributed by atoms with van der Waals surface area (Å²) in [6, 6.07) is 1.78. The molecule has 0 fully saturated rings. The van der Waals surface area contributed by atoms with Crippen LogP contribution in [0.25, 0.3) is 0 Å². The van der Waals surface area contributed by atoms with Crippen LogP contribution in [0.4, 0.5) is 18.2 Å². The smallest absolute Gasteiger partial charge is 0.368 e. The molecule has 0 aliphatic heterocycles. The fourth-order valence-corrected chi connectivity index (χ4v) is 1.55. The molecule has 1 aromatic rings. The molecule has 0 radical (unpaired) electrons. The highest BCUT2D eigenvalue weighted by Gasteiger charge is 2.26. The average molecular weight is 195 g/mol. The molecule has 12 heavy (non-hydrogen) atoms. The second-order valence-electron chi connectivity index (χ2n) is 2.40. The molecule has 0 saturated heterocycles. The number of alkyl halides is 3. The molecule has 0 spiro atoms. The van der Waals surface area contributed by atoms with Crippen molar-refractivity contribution in [1.82, 2.24) is 0 Å². The van der Waals surface area contributed by atoms with Crippen molar-refractivity contribution in [3.63, 3.8) is 0 Å². The van der Waals surface area contributed by atoms with Crippen LogP contribution in [0.5, 0.6) is 0 Å². The SMILES string of the molecule is Cc1ccsc1NCC(F)(F)F. The standard InChI is InChI=1S/C7H8F3NS/c1-5-2-3-12-6(5)11-4-7(8,9)10/h2-3,11H,4H2,1H3. The number of hydrogen-bond donors (Lipinski definition) is 1. The Kier molecular flexibility index (Phi) is 2.62. The van der Waals surface area contributed by atoms with Crippen LogP contribution in [0.15, 0.2) is 11.4 Å². The van der Waals surface area contributed by atoms with Gasteiger partial charge in [-0.3, -0.25) is 0 Å². The molecule has 1 nitrogen and oxygen atoms in total. The quantitative estimate of drug-likeness (QED) is 0.764. The highest BCUT2D eigenvalue weighted by molar-refractivity contribution is 7.14. The minimum Gasteiger partial charge on any atom is -0.368 e. The molecule has 5 heteroatoms. The van der Waals surface area contributed by atoms with Crippen LogP contribution in [-0.4, -0.2) is 12.7 Å². The summed E-state index contributed by atoms with van der Waals surface area (Å²) in [4.78, 5) is 0. The van der Waals surface area contributed by atoms with Gasteiger partial charge in [-0.15, -0.1) is 11.3 Å². The molecule has 0 aliphatic rings. The highest BCUT2D eigenvalue weighted by atomic mass is 32.1. The number of thiophene rings is 1. The second kappa shape index (κ2) is 3.35. The lowest BCUT2D eigenvalue weighted by molar-refractivity contribution is -0.115. The zero-order valence-electron chi connectivity index (χ0n) is 6.40.